The lowest BCUT2D eigenvalue weighted by Crippen LogP contribution is -2.36. The summed E-state index contributed by atoms with van der Waals surface area (Å²) in [5.74, 6) is -1.91. The first-order chi connectivity index (χ1) is 6.89. The monoisotopic (exact) mass is 215 g/mol. The number of nitrogens with one attached hydrogen (secondary N) is 1. The molecule has 2 nitrogen and oxygen atoms in total. The Morgan fingerprint density at radius 1 is 1.27 bits per heavy atom. The van der Waals surface area contributed by atoms with Crippen LogP contribution in [0.4, 0.5) is 13.2 Å². The molecule has 1 aromatic rings. The van der Waals surface area contributed by atoms with Crippen LogP contribution in [0.2, 0.25) is 0 Å². The molecule has 0 radical (unpaired) electrons. The zero-order valence-corrected chi connectivity index (χ0v) is 8.06. The zero-order chi connectivity index (χ0) is 11.5. The molecule has 0 aliphatic heterocycles. The van der Waals surface area contributed by atoms with Crippen molar-refractivity contribution in [1.82, 2.24) is 5.32 Å². The SMILES string of the molecule is Bc1ccc(CNC(=O)C(F)(F)F)cc1. The Kier molecular flexibility index (Phi) is 3.39. The first-order valence-corrected chi connectivity index (χ1v) is 4.30. The van der Waals surface area contributed by atoms with Crippen molar-refractivity contribution in [2.75, 3.05) is 0 Å². The van der Waals surface area contributed by atoms with Gasteiger partial charge < -0.3 is 5.32 Å². The summed E-state index contributed by atoms with van der Waals surface area (Å²) >= 11 is 0. The fraction of sp³-hybridized carbons (Fsp3) is 0.222. The number of benzene rings is 1. The van der Waals surface area contributed by atoms with E-state index in [1.807, 2.05) is 7.85 Å². The van der Waals surface area contributed by atoms with Crippen molar-refractivity contribution < 1.29 is 18.0 Å². The fourth-order valence-electron chi connectivity index (χ4n) is 0.988. The molecule has 0 unspecified atom stereocenters. The van der Waals surface area contributed by atoms with E-state index in [2.05, 4.69) is 0 Å². The summed E-state index contributed by atoms with van der Waals surface area (Å²) in [6.07, 6.45) is -4.81. The standard InChI is InChI=1S/C9H9BF3NO/c10-7-3-1-6(2-4-7)5-14-8(15)9(11,12)13/h1-4H,5,10H2,(H,14,15). The molecular weight excluding hydrogens is 206 g/mol. The third-order valence-corrected chi connectivity index (χ3v) is 1.83. The van der Waals surface area contributed by atoms with E-state index in [-0.39, 0.29) is 6.54 Å². The van der Waals surface area contributed by atoms with E-state index in [1.54, 1.807) is 29.6 Å². The summed E-state index contributed by atoms with van der Waals surface area (Å²) in [6, 6.07) is 6.89. The number of carbonyl (C=O) groups is 1. The Morgan fingerprint density at radius 3 is 2.27 bits per heavy atom. The highest BCUT2D eigenvalue weighted by molar-refractivity contribution is 6.32. The van der Waals surface area contributed by atoms with Crippen molar-refractivity contribution in [3.05, 3.63) is 29.8 Å². The topological polar surface area (TPSA) is 29.1 Å². The van der Waals surface area contributed by atoms with Crippen LogP contribution in [0.3, 0.4) is 0 Å². The number of hydrogen-bond acceptors (Lipinski definition) is 1. The number of alkyl halides is 3. The van der Waals surface area contributed by atoms with Crippen molar-refractivity contribution in [2.45, 2.75) is 12.7 Å². The number of hydrogen-bond donors (Lipinski definition) is 1. The maximum Gasteiger partial charge on any atom is 0.471 e. The minimum absolute atomic E-state index is 0.112. The fourth-order valence-corrected chi connectivity index (χ4v) is 0.988. The summed E-state index contributed by atoms with van der Waals surface area (Å²) < 4.78 is 35.4. The van der Waals surface area contributed by atoms with Gasteiger partial charge in [0.25, 0.3) is 0 Å². The van der Waals surface area contributed by atoms with Crippen molar-refractivity contribution >= 4 is 19.2 Å². The smallest absolute Gasteiger partial charge is 0.344 e. The van der Waals surface area contributed by atoms with Crippen LogP contribution in [0.15, 0.2) is 24.3 Å². The van der Waals surface area contributed by atoms with Crippen molar-refractivity contribution in [1.29, 1.82) is 0 Å². The van der Waals surface area contributed by atoms with E-state index < -0.39 is 12.1 Å². The lowest BCUT2D eigenvalue weighted by Gasteiger charge is -2.07. The predicted molar refractivity (Wildman–Crippen MR) is 52.5 cm³/mol. The van der Waals surface area contributed by atoms with Gasteiger partial charge in [0.2, 0.25) is 0 Å². The molecule has 0 aliphatic rings. The van der Waals surface area contributed by atoms with E-state index in [4.69, 9.17) is 0 Å². The summed E-state index contributed by atoms with van der Waals surface area (Å²) in [7, 11) is 1.87. The number of rotatable bonds is 2. The van der Waals surface area contributed by atoms with Gasteiger partial charge in [0.05, 0.1) is 0 Å². The summed E-state index contributed by atoms with van der Waals surface area (Å²) in [6.45, 7) is -0.112. The average molecular weight is 215 g/mol. The lowest BCUT2D eigenvalue weighted by molar-refractivity contribution is -0.173. The van der Waals surface area contributed by atoms with Gasteiger partial charge in [0.15, 0.2) is 0 Å². The molecule has 0 saturated heterocycles. The Morgan fingerprint density at radius 2 is 1.80 bits per heavy atom. The molecule has 15 heavy (non-hydrogen) atoms. The second kappa shape index (κ2) is 4.38. The molecular formula is C9H9BF3NO. The molecule has 0 fully saturated rings. The average Bonchev–Trinajstić information content (AvgIpc) is 2.15. The Bertz CT molecular complexity index is 347. The van der Waals surface area contributed by atoms with Gasteiger partial charge in [-0.2, -0.15) is 13.2 Å². The van der Waals surface area contributed by atoms with Crippen LogP contribution in [0, 0.1) is 0 Å². The molecule has 1 rings (SSSR count). The third kappa shape index (κ3) is 3.65. The van der Waals surface area contributed by atoms with Gasteiger partial charge in [-0.05, 0) is 5.56 Å². The van der Waals surface area contributed by atoms with Crippen LogP contribution in [0.1, 0.15) is 5.56 Å². The van der Waals surface area contributed by atoms with Crippen LogP contribution >= 0.6 is 0 Å². The predicted octanol–water partition coefficient (Wildman–Crippen LogP) is 0.123. The molecule has 0 bridgehead atoms. The lowest BCUT2D eigenvalue weighted by atomic mass is 9.95. The molecule has 1 amide bonds. The van der Waals surface area contributed by atoms with Gasteiger partial charge in [0.1, 0.15) is 7.85 Å². The van der Waals surface area contributed by atoms with Crippen molar-refractivity contribution in [3.63, 3.8) is 0 Å². The molecule has 0 heterocycles. The Hall–Kier alpha value is -1.46. The van der Waals surface area contributed by atoms with E-state index in [9.17, 15) is 18.0 Å². The van der Waals surface area contributed by atoms with Crippen LogP contribution in [-0.4, -0.2) is 19.9 Å². The van der Waals surface area contributed by atoms with E-state index >= 15 is 0 Å². The van der Waals surface area contributed by atoms with Crippen LogP contribution < -0.4 is 10.8 Å². The summed E-state index contributed by atoms with van der Waals surface area (Å²) in [4.78, 5) is 10.5. The molecule has 80 valence electrons. The first-order valence-electron chi connectivity index (χ1n) is 4.30. The molecule has 0 atom stereocenters. The summed E-state index contributed by atoms with van der Waals surface area (Å²) in [5.41, 5.74) is 1.65. The zero-order valence-electron chi connectivity index (χ0n) is 8.06. The molecule has 0 spiro atoms. The minimum atomic E-state index is -4.81. The minimum Gasteiger partial charge on any atom is -0.344 e. The maximum atomic E-state index is 11.8. The van der Waals surface area contributed by atoms with Gasteiger partial charge in [-0.25, -0.2) is 0 Å². The second-order valence-corrected chi connectivity index (χ2v) is 3.17. The largest absolute Gasteiger partial charge is 0.471 e. The van der Waals surface area contributed by atoms with Gasteiger partial charge in [-0.1, -0.05) is 29.7 Å². The Labute approximate surface area is 85.9 Å². The number of amides is 1. The van der Waals surface area contributed by atoms with Gasteiger partial charge in [-0.15, -0.1) is 0 Å². The van der Waals surface area contributed by atoms with Crippen LogP contribution in [0.5, 0.6) is 0 Å². The van der Waals surface area contributed by atoms with Crippen molar-refractivity contribution in [2.24, 2.45) is 0 Å². The third-order valence-electron chi connectivity index (χ3n) is 1.83. The van der Waals surface area contributed by atoms with E-state index in [0.717, 1.165) is 5.46 Å². The highest BCUT2D eigenvalue weighted by Gasteiger charge is 2.38. The summed E-state index contributed by atoms with van der Waals surface area (Å²) in [5, 5.41) is 1.79. The van der Waals surface area contributed by atoms with Gasteiger partial charge in [0, 0.05) is 6.54 Å². The maximum absolute atomic E-state index is 11.8. The van der Waals surface area contributed by atoms with Gasteiger partial charge in [-0.3, -0.25) is 4.79 Å². The molecule has 0 aromatic heterocycles. The van der Waals surface area contributed by atoms with Gasteiger partial charge >= 0.3 is 12.1 Å². The highest BCUT2D eigenvalue weighted by Crippen LogP contribution is 2.14. The number of halogens is 3. The molecule has 0 saturated carbocycles. The molecule has 1 aromatic carbocycles. The van der Waals surface area contributed by atoms with Crippen LogP contribution in [-0.2, 0) is 11.3 Å². The highest BCUT2D eigenvalue weighted by atomic mass is 19.4. The second-order valence-electron chi connectivity index (χ2n) is 3.17. The number of carbonyl (C=O) groups excluding carboxylic acids is 1. The van der Waals surface area contributed by atoms with E-state index in [0.29, 0.717) is 5.56 Å². The quantitative estimate of drug-likeness (QED) is 0.697. The molecule has 0 aliphatic carbocycles. The Balaban J connectivity index is 2.51. The van der Waals surface area contributed by atoms with Crippen LogP contribution in [0.25, 0.3) is 0 Å². The molecule has 1 N–H and O–H groups in total. The first kappa shape index (κ1) is 11.6. The van der Waals surface area contributed by atoms with Crippen molar-refractivity contribution in [3.8, 4) is 0 Å². The normalized spacial score (nSPS) is 11.1. The van der Waals surface area contributed by atoms with E-state index in [1.165, 1.54) is 0 Å². The molecule has 6 heteroatoms.